The van der Waals surface area contributed by atoms with E-state index in [9.17, 15) is 9.18 Å². The highest BCUT2D eigenvalue weighted by Gasteiger charge is 2.13. The highest BCUT2D eigenvalue weighted by Crippen LogP contribution is 2.21. The Morgan fingerprint density at radius 3 is 2.61 bits per heavy atom. The Balaban J connectivity index is 1.79. The number of nitrogens with one attached hydrogen (secondary N) is 2. The number of H-pyrrole nitrogens is 1. The normalized spacial score (nSPS) is 10.6. The van der Waals surface area contributed by atoms with Gasteiger partial charge in [0, 0.05) is 10.0 Å². The van der Waals surface area contributed by atoms with Crippen LogP contribution in [0.5, 0.6) is 0 Å². The number of benzene rings is 2. The van der Waals surface area contributed by atoms with Crippen molar-refractivity contribution >= 4 is 27.5 Å². The predicted molar refractivity (Wildman–Crippen MR) is 90.8 cm³/mol. The number of nitrogens with zero attached hydrogens (tertiary/aromatic N) is 1. The summed E-state index contributed by atoms with van der Waals surface area (Å²) >= 11 is 3.37. The number of carbonyl (C=O) groups is 1. The summed E-state index contributed by atoms with van der Waals surface area (Å²) in [5, 5.41) is 9.33. The fourth-order valence-electron chi connectivity index (χ4n) is 2.12. The van der Waals surface area contributed by atoms with Gasteiger partial charge in [-0.3, -0.25) is 9.89 Å². The van der Waals surface area contributed by atoms with E-state index in [0.29, 0.717) is 5.69 Å². The maximum absolute atomic E-state index is 13.8. The lowest BCUT2D eigenvalue weighted by atomic mass is 10.1. The van der Waals surface area contributed by atoms with E-state index in [1.54, 1.807) is 19.1 Å². The van der Waals surface area contributed by atoms with Crippen molar-refractivity contribution in [2.24, 2.45) is 0 Å². The van der Waals surface area contributed by atoms with E-state index in [0.717, 1.165) is 15.6 Å². The number of hydrogen-bond donors (Lipinski definition) is 2. The van der Waals surface area contributed by atoms with Crippen LogP contribution in [0.15, 0.2) is 53.0 Å². The minimum Gasteiger partial charge on any atom is -0.318 e. The molecule has 0 fully saturated rings. The van der Waals surface area contributed by atoms with Crippen LogP contribution in [0, 0.1) is 12.7 Å². The van der Waals surface area contributed by atoms with Crippen LogP contribution in [0.4, 0.5) is 10.1 Å². The SMILES string of the molecule is Cc1ccc(NC(=O)c2cc(-c3ccc(Br)cc3)n[nH]2)c(F)c1. The maximum atomic E-state index is 13.8. The third-order valence-corrected chi connectivity index (χ3v) is 3.86. The third-order valence-electron chi connectivity index (χ3n) is 3.34. The molecule has 0 aliphatic rings. The van der Waals surface area contributed by atoms with Gasteiger partial charge in [0.2, 0.25) is 0 Å². The molecule has 1 heterocycles. The fourth-order valence-corrected chi connectivity index (χ4v) is 2.38. The number of carbonyl (C=O) groups excluding carboxylic acids is 1. The van der Waals surface area contributed by atoms with E-state index in [2.05, 4.69) is 31.4 Å². The first kappa shape index (κ1) is 15.4. The number of aryl methyl sites for hydroxylation is 1. The van der Waals surface area contributed by atoms with E-state index in [-0.39, 0.29) is 11.4 Å². The molecule has 116 valence electrons. The summed E-state index contributed by atoms with van der Waals surface area (Å²) in [6.45, 7) is 1.79. The van der Waals surface area contributed by atoms with Crippen molar-refractivity contribution in [3.05, 3.63) is 70.1 Å². The Kier molecular flexibility index (Phi) is 4.25. The molecule has 0 radical (unpaired) electrons. The first-order valence-electron chi connectivity index (χ1n) is 6.92. The lowest BCUT2D eigenvalue weighted by Crippen LogP contribution is -2.13. The standard InChI is InChI=1S/C17H13BrFN3O/c1-10-2-7-14(13(19)8-10)20-17(23)16-9-15(21-22-16)11-3-5-12(18)6-4-11/h2-9H,1H3,(H,20,23)(H,21,22). The van der Waals surface area contributed by atoms with Crippen LogP contribution in [0.1, 0.15) is 16.1 Å². The van der Waals surface area contributed by atoms with Gasteiger partial charge in [-0.2, -0.15) is 5.10 Å². The Bertz CT molecular complexity index is 859. The Labute approximate surface area is 140 Å². The average Bonchev–Trinajstić information content (AvgIpc) is 3.01. The van der Waals surface area contributed by atoms with E-state index >= 15 is 0 Å². The topological polar surface area (TPSA) is 57.8 Å². The van der Waals surface area contributed by atoms with Crippen LogP contribution in [0.25, 0.3) is 11.3 Å². The Morgan fingerprint density at radius 2 is 1.91 bits per heavy atom. The van der Waals surface area contributed by atoms with E-state index in [4.69, 9.17) is 0 Å². The van der Waals surface area contributed by atoms with Gasteiger partial charge in [-0.25, -0.2) is 4.39 Å². The summed E-state index contributed by atoms with van der Waals surface area (Å²) in [6.07, 6.45) is 0. The van der Waals surface area contributed by atoms with Crippen molar-refractivity contribution < 1.29 is 9.18 Å². The van der Waals surface area contributed by atoms with Crippen molar-refractivity contribution in [3.8, 4) is 11.3 Å². The van der Waals surface area contributed by atoms with Gasteiger partial charge in [-0.05, 0) is 42.8 Å². The molecule has 2 N–H and O–H groups in total. The van der Waals surface area contributed by atoms with Gasteiger partial charge in [0.1, 0.15) is 11.5 Å². The number of hydrogen-bond acceptors (Lipinski definition) is 2. The number of amides is 1. The monoisotopic (exact) mass is 373 g/mol. The van der Waals surface area contributed by atoms with Gasteiger partial charge >= 0.3 is 0 Å². The predicted octanol–water partition coefficient (Wildman–Crippen LogP) is 4.54. The molecule has 0 spiro atoms. The van der Waals surface area contributed by atoms with E-state index in [1.807, 2.05) is 24.3 Å². The highest BCUT2D eigenvalue weighted by atomic mass is 79.9. The van der Waals surface area contributed by atoms with Crippen molar-refractivity contribution in [1.82, 2.24) is 10.2 Å². The van der Waals surface area contributed by atoms with Gasteiger partial charge in [0.15, 0.2) is 0 Å². The quantitative estimate of drug-likeness (QED) is 0.707. The first-order chi connectivity index (χ1) is 11.0. The van der Waals surface area contributed by atoms with Crippen molar-refractivity contribution in [2.45, 2.75) is 6.92 Å². The molecule has 0 aliphatic heterocycles. The van der Waals surface area contributed by atoms with Gasteiger partial charge < -0.3 is 5.32 Å². The minimum absolute atomic E-state index is 0.139. The summed E-state index contributed by atoms with van der Waals surface area (Å²) in [6, 6.07) is 13.8. The van der Waals surface area contributed by atoms with E-state index in [1.165, 1.54) is 12.1 Å². The van der Waals surface area contributed by atoms with Crippen molar-refractivity contribution in [3.63, 3.8) is 0 Å². The van der Waals surface area contributed by atoms with Gasteiger partial charge in [-0.1, -0.05) is 34.1 Å². The molecule has 0 bridgehead atoms. The molecule has 0 unspecified atom stereocenters. The van der Waals surface area contributed by atoms with Crippen LogP contribution in [0.3, 0.4) is 0 Å². The lowest BCUT2D eigenvalue weighted by Gasteiger charge is -2.05. The second-order valence-electron chi connectivity index (χ2n) is 5.11. The minimum atomic E-state index is -0.467. The summed E-state index contributed by atoms with van der Waals surface area (Å²) in [5.74, 6) is -0.908. The molecule has 6 heteroatoms. The number of aromatic nitrogens is 2. The van der Waals surface area contributed by atoms with Crippen molar-refractivity contribution in [2.75, 3.05) is 5.32 Å². The third kappa shape index (κ3) is 3.48. The van der Waals surface area contributed by atoms with Crippen LogP contribution < -0.4 is 5.32 Å². The molecule has 3 rings (SSSR count). The van der Waals surface area contributed by atoms with Crippen LogP contribution in [0.2, 0.25) is 0 Å². The number of halogens is 2. The fraction of sp³-hybridized carbons (Fsp3) is 0.0588. The number of aromatic amines is 1. The zero-order chi connectivity index (χ0) is 16.4. The molecule has 0 atom stereocenters. The first-order valence-corrected chi connectivity index (χ1v) is 7.71. The van der Waals surface area contributed by atoms with E-state index < -0.39 is 11.7 Å². The number of rotatable bonds is 3. The van der Waals surface area contributed by atoms with Gasteiger partial charge in [0.05, 0.1) is 11.4 Å². The molecule has 23 heavy (non-hydrogen) atoms. The lowest BCUT2D eigenvalue weighted by molar-refractivity contribution is 0.102. The largest absolute Gasteiger partial charge is 0.318 e. The van der Waals surface area contributed by atoms with Gasteiger partial charge in [-0.15, -0.1) is 0 Å². The summed E-state index contributed by atoms with van der Waals surface area (Å²) in [5.41, 5.74) is 2.72. The molecular formula is C17H13BrFN3O. The van der Waals surface area contributed by atoms with Crippen LogP contribution >= 0.6 is 15.9 Å². The summed E-state index contributed by atoms with van der Waals surface area (Å²) in [7, 11) is 0. The second kappa shape index (κ2) is 6.34. The molecule has 0 saturated heterocycles. The molecule has 1 aromatic heterocycles. The molecule has 0 saturated carbocycles. The summed E-state index contributed by atoms with van der Waals surface area (Å²) < 4.78 is 14.8. The zero-order valence-corrected chi connectivity index (χ0v) is 13.8. The average molecular weight is 374 g/mol. The Morgan fingerprint density at radius 1 is 1.17 bits per heavy atom. The summed E-state index contributed by atoms with van der Waals surface area (Å²) in [4.78, 5) is 12.2. The molecule has 2 aromatic carbocycles. The zero-order valence-electron chi connectivity index (χ0n) is 12.2. The Hall–Kier alpha value is -2.47. The molecule has 1 amide bonds. The van der Waals surface area contributed by atoms with Crippen LogP contribution in [-0.2, 0) is 0 Å². The maximum Gasteiger partial charge on any atom is 0.273 e. The second-order valence-corrected chi connectivity index (χ2v) is 6.03. The van der Waals surface area contributed by atoms with Crippen molar-refractivity contribution in [1.29, 1.82) is 0 Å². The van der Waals surface area contributed by atoms with Crippen LogP contribution in [-0.4, -0.2) is 16.1 Å². The number of anilines is 1. The molecule has 0 aliphatic carbocycles. The molecular weight excluding hydrogens is 361 g/mol. The smallest absolute Gasteiger partial charge is 0.273 e. The molecule has 3 aromatic rings. The van der Waals surface area contributed by atoms with Gasteiger partial charge in [0.25, 0.3) is 5.91 Å². The highest BCUT2D eigenvalue weighted by molar-refractivity contribution is 9.10. The molecule has 4 nitrogen and oxygen atoms in total.